The summed E-state index contributed by atoms with van der Waals surface area (Å²) in [4.78, 5) is 23.6. The van der Waals surface area contributed by atoms with Gasteiger partial charge in [-0.25, -0.2) is 9.97 Å². The Hall–Kier alpha value is -3.56. The van der Waals surface area contributed by atoms with Crippen molar-refractivity contribution in [3.05, 3.63) is 94.8 Å². The van der Waals surface area contributed by atoms with Gasteiger partial charge in [0.15, 0.2) is 5.13 Å². The van der Waals surface area contributed by atoms with Crippen molar-refractivity contribution in [2.75, 3.05) is 16.8 Å². The predicted octanol–water partition coefficient (Wildman–Crippen LogP) is 5.17. The third-order valence-corrected chi connectivity index (χ3v) is 7.03. The maximum atomic E-state index is 13.4. The van der Waals surface area contributed by atoms with Gasteiger partial charge in [0.05, 0.1) is 17.8 Å². The Morgan fingerprint density at radius 2 is 2.11 bits per heavy atom. The number of pyridine rings is 1. The lowest BCUT2D eigenvalue weighted by Crippen LogP contribution is -2.23. The molecule has 1 aliphatic heterocycles. The molecule has 0 bridgehead atoms. The standard InChI is InChI=1S/C26H26FN5O2S/c1-17(33)19-6-8-20(9-7-19)32-13-3-4-22(32)21-16-35-26(29-21)30-25(34)23-5-2-12-31(23)15-18-10-11-28-24(27)14-18/h2,5-12,14,16-17,22,33H,3-4,13,15H2,1H3,(H,29,30,34)/t17-,22?/m1/s1. The van der Waals surface area contributed by atoms with Gasteiger partial charge < -0.3 is 14.6 Å². The monoisotopic (exact) mass is 491 g/mol. The van der Waals surface area contributed by atoms with E-state index in [1.807, 2.05) is 29.6 Å². The zero-order valence-corrected chi connectivity index (χ0v) is 20.1. The molecule has 4 heterocycles. The van der Waals surface area contributed by atoms with Crippen molar-refractivity contribution in [2.24, 2.45) is 0 Å². The topological polar surface area (TPSA) is 83.3 Å². The molecule has 0 saturated carbocycles. The molecule has 1 amide bonds. The summed E-state index contributed by atoms with van der Waals surface area (Å²) in [5.41, 5.74) is 4.12. The quantitative estimate of drug-likeness (QED) is 0.348. The Morgan fingerprint density at radius 3 is 2.89 bits per heavy atom. The molecule has 2 atom stereocenters. The first-order chi connectivity index (χ1) is 17.0. The van der Waals surface area contributed by atoms with Crippen LogP contribution in [0.25, 0.3) is 0 Å². The molecule has 0 spiro atoms. The second-order valence-electron chi connectivity index (χ2n) is 8.66. The minimum absolute atomic E-state index is 0.139. The summed E-state index contributed by atoms with van der Waals surface area (Å²) in [6.45, 7) is 3.05. The predicted molar refractivity (Wildman–Crippen MR) is 134 cm³/mol. The number of carbonyl (C=O) groups excluding carboxylic acids is 1. The van der Waals surface area contributed by atoms with Gasteiger partial charge in [0.1, 0.15) is 5.69 Å². The van der Waals surface area contributed by atoms with Crippen molar-refractivity contribution in [1.29, 1.82) is 0 Å². The molecular formula is C26H26FN5O2S. The summed E-state index contributed by atoms with van der Waals surface area (Å²) in [5.74, 6) is -0.807. The molecule has 1 unspecified atom stereocenters. The van der Waals surface area contributed by atoms with E-state index >= 15 is 0 Å². The van der Waals surface area contributed by atoms with E-state index in [0.29, 0.717) is 17.4 Å². The Balaban J connectivity index is 1.28. The number of aromatic nitrogens is 3. The van der Waals surface area contributed by atoms with Crippen LogP contribution in [0.1, 0.15) is 59.2 Å². The molecule has 0 aliphatic carbocycles. The van der Waals surface area contributed by atoms with Gasteiger partial charge in [-0.2, -0.15) is 4.39 Å². The average molecular weight is 492 g/mol. The lowest BCUT2D eigenvalue weighted by atomic mass is 10.1. The molecule has 1 saturated heterocycles. The van der Waals surface area contributed by atoms with Gasteiger partial charge in [0.2, 0.25) is 5.95 Å². The van der Waals surface area contributed by atoms with Crippen molar-refractivity contribution < 1.29 is 14.3 Å². The highest BCUT2D eigenvalue weighted by molar-refractivity contribution is 7.14. The fraction of sp³-hybridized carbons (Fsp3) is 0.269. The number of aliphatic hydroxyl groups is 1. The molecule has 0 radical (unpaired) electrons. The Kier molecular flexibility index (Phi) is 6.61. The molecule has 1 aromatic carbocycles. The molecule has 4 aromatic rings. The molecule has 1 aliphatic rings. The van der Waals surface area contributed by atoms with Crippen LogP contribution in [0.3, 0.4) is 0 Å². The SMILES string of the molecule is C[C@@H](O)c1ccc(N2CCCC2c2csc(NC(=O)c3cccn3Cc3ccnc(F)c3)n2)cc1. The van der Waals surface area contributed by atoms with Crippen molar-refractivity contribution in [3.8, 4) is 0 Å². The summed E-state index contributed by atoms with van der Waals surface area (Å²) in [6, 6.07) is 14.7. The minimum atomic E-state index is -0.546. The lowest BCUT2D eigenvalue weighted by molar-refractivity contribution is 0.101. The van der Waals surface area contributed by atoms with Crippen LogP contribution in [-0.2, 0) is 6.54 Å². The van der Waals surface area contributed by atoms with Crippen molar-refractivity contribution in [1.82, 2.24) is 14.5 Å². The van der Waals surface area contributed by atoms with Crippen LogP contribution < -0.4 is 10.2 Å². The number of amides is 1. The Labute approximate surface area is 206 Å². The number of hydrogen-bond acceptors (Lipinski definition) is 6. The van der Waals surface area contributed by atoms with Crippen molar-refractivity contribution >= 4 is 28.1 Å². The number of aliphatic hydroxyl groups excluding tert-OH is 1. The number of thiazole rings is 1. The smallest absolute Gasteiger partial charge is 0.274 e. The molecule has 9 heteroatoms. The number of carbonyl (C=O) groups is 1. The van der Waals surface area contributed by atoms with E-state index in [4.69, 9.17) is 4.98 Å². The molecule has 35 heavy (non-hydrogen) atoms. The summed E-state index contributed by atoms with van der Waals surface area (Å²) < 4.78 is 15.2. The van der Waals surface area contributed by atoms with Crippen LogP contribution in [-0.4, -0.2) is 32.1 Å². The number of benzene rings is 1. The second kappa shape index (κ2) is 9.97. The number of nitrogens with one attached hydrogen (secondary N) is 1. The number of anilines is 2. The number of rotatable bonds is 7. The van der Waals surface area contributed by atoms with Crippen molar-refractivity contribution in [3.63, 3.8) is 0 Å². The van der Waals surface area contributed by atoms with E-state index in [1.165, 1.54) is 23.6 Å². The van der Waals surface area contributed by atoms with E-state index in [-0.39, 0.29) is 11.9 Å². The van der Waals surface area contributed by atoms with Gasteiger partial charge >= 0.3 is 0 Å². The van der Waals surface area contributed by atoms with E-state index in [9.17, 15) is 14.3 Å². The highest BCUT2D eigenvalue weighted by Crippen LogP contribution is 2.37. The van der Waals surface area contributed by atoms with Gasteiger partial charge in [-0.05, 0) is 67.3 Å². The molecule has 2 N–H and O–H groups in total. The van der Waals surface area contributed by atoms with E-state index in [1.54, 1.807) is 35.9 Å². The van der Waals surface area contributed by atoms with Crippen LogP contribution in [0.2, 0.25) is 0 Å². The summed E-state index contributed by atoms with van der Waals surface area (Å²) in [5, 5.41) is 15.2. The largest absolute Gasteiger partial charge is 0.389 e. The highest BCUT2D eigenvalue weighted by Gasteiger charge is 2.28. The number of hydrogen-bond donors (Lipinski definition) is 2. The Bertz CT molecular complexity index is 1320. The minimum Gasteiger partial charge on any atom is -0.389 e. The molecule has 5 rings (SSSR count). The molecule has 180 valence electrons. The highest BCUT2D eigenvalue weighted by atomic mass is 32.1. The molecule has 1 fully saturated rings. The van der Waals surface area contributed by atoms with Gasteiger partial charge in [-0.3, -0.25) is 10.1 Å². The van der Waals surface area contributed by atoms with Crippen LogP contribution >= 0.6 is 11.3 Å². The zero-order chi connectivity index (χ0) is 24.4. The first-order valence-electron chi connectivity index (χ1n) is 11.5. The third kappa shape index (κ3) is 5.11. The molecular weight excluding hydrogens is 465 g/mol. The fourth-order valence-electron chi connectivity index (χ4n) is 4.48. The van der Waals surface area contributed by atoms with Gasteiger partial charge in [0.25, 0.3) is 5.91 Å². The summed E-state index contributed by atoms with van der Waals surface area (Å²) >= 11 is 1.41. The maximum Gasteiger partial charge on any atom is 0.274 e. The van der Waals surface area contributed by atoms with Crippen LogP contribution in [0.5, 0.6) is 0 Å². The van der Waals surface area contributed by atoms with Crippen molar-refractivity contribution in [2.45, 2.75) is 38.5 Å². The first-order valence-corrected chi connectivity index (χ1v) is 12.4. The normalized spacial score (nSPS) is 16.4. The van der Waals surface area contributed by atoms with E-state index < -0.39 is 12.1 Å². The van der Waals surface area contributed by atoms with Crippen LogP contribution in [0.4, 0.5) is 15.2 Å². The Morgan fingerprint density at radius 1 is 1.29 bits per heavy atom. The number of halogens is 1. The third-order valence-electron chi connectivity index (χ3n) is 6.25. The van der Waals surface area contributed by atoms with Gasteiger partial charge in [-0.1, -0.05) is 12.1 Å². The van der Waals surface area contributed by atoms with E-state index in [0.717, 1.165) is 41.9 Å². The maximum absolute atomic E-state index is 13.4. The fourth-order valence-corrected chi connectivity index (χ4v) is 5.23. The average Bonchev–Trinajstić information content (AvgIpc) is 3.60. The van der Waals surface area contributed by atoms with Crippen LogP contribution in [0.15, 0.2) is 66.3 Å². The molecule has 7 nitrogen and oxygen atoms in total. The number of nitrogens with zero attached hydrogens (tertiary/aromatic N) is 4. The summed E-state index contributed by atoms with van der Waals surface area (Å²) in [6.07, 6.45) is 4.76. The summed E-state index contributed by atoms with van der Waals surface area (Å²) in [7, 11) is 0. The van der Waals surface area contributed by atoms with E-state index in [2.05, 4.69) is 15.2 Å². The van der Waals surface area contributed by atoms with Crippen LogP contribution in [0, 0.1) is 5.95 Å². The lowest BCUT2D eigenvalue weighted by Gasteiger charge is -2.26. The van der Waals surface area contributed by atoms with Gasteiger partial charge in [-0.15, -0.1) is 11.3 Å². The second-order valence-corrected chi connectivity index (χ2v) is 9.52. The zero-order valence-electron chi connectivity index (χ0n) is 19.3. The first kappa shape index (κ1) is 23.2. The molecule has 3 aromatic heterocycles. The van der Waals surface area contributed by atoms with Gasteiger partial charge in [0, 0.05) is 36.6 Å².